The number of hydrogen-bond donors (Lipinski definition) is 1. The molecule has 1 heterocycles. The van der Waals surface area contributed by atoms with Crippen LogP contribution in [-0.2, 0) is 0 Å². The van der Waals surface area contributed by atoms with Crippen LogP contribution < -0.4 is 10.5 Å². The summed E-state index contributed by atoms with van der Waals surface area (Å²) in [6.45, 7) is 5.80. The molecule has 0 radical (unpaired) electrons. The summed E-state index contributed by atoms with van der Waals surface area (Å²) in [5.41, 5.74) is 8.03. The van der Waals surface area contributed by atoms with Gasteiger partial charge in [-0.2, -0.15) is 0 Å². The topological polar surface area (TPSA) is 48.1 Å². The van der Waals surface area contributed by atoms with Crippen molar-refractivity contribution in [3.05, 3.63) is 36.0 Å². The lowest BCUT2D eigenvalue weighted by atomic mass is 10.0. The molecular formula is C11H16N2O. The van der Waals surface area contributed by atoms with Crippen LogP contribution in [-0.4, -0.2) is 12.1 Å². The number of rotatable bonds is 4. The van der Waals surface area contributed by atoms with Gasteiger partial charge >= 0.3 is 0 Å². The van der Waals surface area contributed by atoms with E-state index in [1.165, 1.54) is 0 Å². The molecule has 1 aromatic heterocycles. The van der Waals surface area contributed by atoms with Crippen LogP contribution in [0.15, 0.2) is 30.5 Å². The maximum Gasteiger partial charge on any atom is 0.212 e. The average Bonchev–Trinajstić information content (AvgIpc) is 2.17. The van der Waals surface area contributed by atoms with Crippen molar-refractivity contribution in [2.24, 2.45) is 5.73 Å². The van der Waals surface area contributed by atoms with Gasteiger partial charge in [0.05, 0.1) is 7.11 Å². The van der Waals surface area contributed by atoms with Gasteiger partial charge in [0, 0.05) is 18.3 Å². The number of nitrogens with two attached hydrogens (primary N) is 1. The van der Waals surface area contributed by atoms with Gasteiger partial charge in [-0.05, 0) is 18.9 Å². The van der Waals surface area contributed by atoms with Gasteiger partial charge in [0.25, 0.3) is 0 Å². The van der Waals surface area contributed by atoms with Crippen molar-refractivity contribution in [1.82, 2.24) is 4.98 Å². The molecule has 0 amide bonds. The minimum atomic E-state index is -0.0223. The van der Waals surface area contributed by atoms with Gasteiger partial charge in [0.1, 0.15) is 0 Å². The lowest BCUT2D eigenvalue weighted by Gasteiger charge is -2.11. The van der Waals surface area contributed by atoms with Crippen LogP contribution in [0.4, 0.5) is 0 Å². The smallest absolute Gasteiger partial charge is 0.212 e. The highest BCUT2D eigenvalue weighted by Crippen LogP contribution is 2.18. The van der Waals surface area contributed by atoms with E-state index in [4.69, 9.17) is 10.5 Å². The van der Waals surface area contributed by atoms with Gasteiger partial charge in [-0.25, -0.2) is 4.98 Å². The molecule has 0 saturated heterocycles. The van der Waals surface area contributed by atoms with E-state index in [1.807, 2.05) is 19.1 Å². The second-order valence-electron chi connectivity index (χ2n) is 3.40. The Morgan fingerprint density at radius 3 is 2.79 bits per heavy atom. The van der Waals surface area contributed by atoms with Gasteiger partial charge < -0.3 is 10.5 Å². The van der Waals surface area contributed by atoms with E-state index in [0.717, 1.165) is 17.6 Å². The SMILES string of the molecule is C=C(C)C[C@H](N)c1ccc(OC)nc1. The van der Waals surface area contributed by atoms with Crippen molar-refractivity contribution in [3.8, 4) is 5.88 Å². The molecule has 0 aliphatic heterocycles. The van der Waals surface area contributed by atoms with Crippen molar-refractivity contribution < 1.29 is 4.74 Å². The fourth-order valence-electron chi connectivity index (χ4n) is 1.23. The van der Waals surface area contributed by atoms with Crippen LogP contribution >= 0.6 is 0 Å². The first-order valence-electron chi connectivity index (χ1n) is 4.53. The highest BCUT2D eigenvalue weighted by atomic mass is 16.5. The van der Waals surface area contributed by atoms with Gasteiger partial charge in [-0.3, -0.25) is 0 Å². The number of nitrogens with zero attached hydrogens (tertiary/aromatic N) is 1. The molecule has 2 N–H and O–H groups in total. The summed E-state index contributed by atoms with van der Waals surface area (Å²) >= 11 is 0. The summed E-state index contributed by atoms with van der Waals surface area (Å²) in [5, 5.41) is 0. The Labute approximate surface area is 84.6 Å². The monoisotopic (exact) mass is 192 g/mol. The summed E-state index contributed by atoms with van der Waals surface area (Å²) in [6.07, 6.45) is 2.53. The maximum atomic E-state index is 5.95. The molecule has 0 aromatic carbocycles. The molecule has 0 aliphatic rings. The van der Waals surface area contributed by atoms with Crippen LogP contribution in [0.2, 0.25) is 0 Å². The summed E-state index contributed by atoms with van der Waals surface area (Å²) in [6, 6.07) is 3.72. The molecule has 1 rings (SSSR count). The van der Waals surface area contributed by atoms with Crippen molar-refractivity contribution >= 4 is 0 Å². The average molecular weight is 192 g/mol. The Morgan fingerprint density at radius 2 is 2.36 bits per heavy atom. The maximum absolute atomic E-state index is 5.95. The van der Waals surface area contributed by atoms with E-state index in [9.17, 15) is 0 Å². The number of pyridine rings is 1. The third kappa shape index (κ3) is 2.85. The van der Waals surface area contributed by atoms with Crippen LogP contribution in [0.5, 0.6) is 5.88 Å². The molecule has 14 heavy (non-hydrogen) atoms. The molecule has 0 aliphatic carbocycles. The first kappa shape index (κ1) is 10.7. The number of hydrogen-bond acceptors (Lipinski definition) is 3. The molecule has 0 spiro atoms. The zero-order valence-corrected chi connectivity index (χ0v) is 8.66. The Bertz CT molecular complexity index is 306. The summed E-state index contributed by atoms with van der Waals surface area (Å²) in [5.74, 6) is 0.608. The van der Waals surface area contributed by atoms with E-state index < -0.39 is 0 Å². The van der Waals surface area contributed by atoms with Gasteiger partial charge in [0.15, 0.2) is 0 Å². The Kier molecular flexibility index (Phi) is 3.65. The first-order chi connectivity index (χ1) is 6.63. The molecule has 1 aromatic rings. The van der Waals surface area contributed by atoms with Gasteiger partial charge in [-0.1, -0.05) is 11.6 Å². The van der Waals surface area contributed by atoms with E-state index >= 15 is 0 Å². The summed E-state index contributed by atoms with van der Waals surface area (Å²) in [7, 11) is 1.59. The van der Waals surface area contributed by atoms with Gasteiger partial charge in [-0.15, -0.1) is 6.58 Å². The summed E-state index contributed by atoms with van der Waals surface area (Å²) < 4.78 is 4.96. The molecular weight excluding hydrogens is 176 g/mol. The molecule has 1 atom stereocenters. The van der Waals surface area contributed by atoms with E-state index in [0.29, 0.717) is 5.88 Å². The zero-order valence-electron chi connectivity index (χ0n) is 8.66. The number of aromatic nitrogens is 1. The van der Waals surface area contributed by atoms with Crippen molar-refractivity contribution in [2.45, 2.75) is 19.4 Å². The van der Waals surface area contributed by atoms with Crippen molar-refractivity contribution in [1.29, 1.82) is 0 Å². The standard InChI is InChI=1S/C11H16N2O/c1-8(2)6-10(12)9-4-5-11(14-3)13-7-9/h4-5,7,10H,1,6,12H2,2-3H3/t10-/m0/s1. The minimum Gasteiger partial charge on any atom is -0.481 e. The highest BCUT2D eigenvalue weighted by Gasteiger charge is 2.06. The molecule has 0 bridgehead atoms. The van der Waals surface area contributed by atoms with Crippen LogP contribution in [0.3, 0.4) is 0 Å². The Morgan fingerprint density at radius 1 is 1.64 bits per heavy atom. The van der Waals surface area contributed by atoms with Crippen LogP contribution in [0.25, 0.3) is 0 Å². The van der Waals surface area contributed by atoms with Crippen molar-refractivity contribution in [2.75, 3.05) is 7.11 Å². The molecule has 0 saturated carbocycles. The zero-order chi connectivity index (χ0) is 10.6. The molecule has 0 fully saturated rings. The normalized spacial score (nSPS) is 12.2. The van der Waals surface area contributed by atoms with Crippen LogP contribution in [0.1, 0.15) is 24.9 Å². The fourth-order valence-corrected chi connectivity index (χ4v) is 1.23. The quantitative estimate of drug-likeness (QED) is 0.743. The number of ether oxygens (including phenoxy) is 1. The Hall–Kier alpha value is -1.35. The molecule has 3 nitrogen and oxygen atoms in total. The lowest BCUT2D eigenvalue weighted by Crippen LogP contribution is -2.10. The van der Waals surface area contributed by atoms with E-state index in [1.54, 1.807) is 13.3 Å². The van der Waals surface area contributed by atoms with Crippen LogP contribution in [0, 0.1) is 0 Å². The lowest BCUT2D eigenvalue weighted by molar-refractivity contribution is 0.397. The highest BCUT2D eigenvalue weighted by molar-refractivity contribution is 5.21. The third-order valence-corrected chi connectivity index (χ3v) is 1.96. The second-order valence-corrected chi connectivity index (χ2v) is 3.40. The van der Waals surface area contributed by atoms with E-state index in [-0.39, 0.29) is 6.04 Å². The summed E-state index contributed by atoms with van der Waals surface area (Å²) in [4.78, 5) is 4.09. The van der Waals surface area contributed by atoms with Crippen molar-refractivity contribution in [3.63, 3.8) is 0 Å². The predicted molar refractivity (Wildman–Crippen MR) is 57.1 cm³/mol. The second kappa shape index (κ2) is 4.77. The fraction of sp³-hybridized carbons (Fsp3) is 0.364. The largest absolute Gasteiger partial charge is 0.481 e. The number of methoxy groups -OCH3 is 1. The van der Waals surface area contributed by atoms with E-state index in [2.05, 4.69) is 11.6 Å². The predicted octanol–water partition coefficient (Wildman–Crippen LogP) is 2.06. The minimum absolute atomic E-state index is 0.0223. The Balaban J connectivity index is 2.71. The first-order valence-corrected chi connectivity index (χ1v) is 4.53. The molecule has 76 valence electrons. The molecule has 3 heteroatoms. The third-order valence-electron chi connectivity index (χ3n) is 1.96. The molecule has 0 unspecified atom stereocenters. The van der Waals surface area contributed by atoms with Gasteiger partial charge in [0.2, 0.25) is 5.88 Å².